The van der Waals surface area contributed by atoms with Crippen LogP contribution in [0.5, 0.6) is 0 Å². The molecule has 3 heterocycles. The second-order valence-electron chi connectivity index (χ2n) is 27.7. The van der Waals surface area contributed by atoms with Crippen molar-refractivity contribution < 1.29 is 82.9 Å². The van der Waals surface area contributed by atoms with Gasteiger partial charge in [0.05, 0.1) is 42.0 Å². The van der Waals surface area contributed by atoms with Gasteiger partial charge in [-0.15, -0.1) is 0 Å². The van der Waals surface area contributed by atoms with Crippen LogP contribution in [0.2, 0.25) is 0 Å². The van der Waals surface area contributed by atoms with E-state index in [1.807, 2.05) is 32.7 Å². The van der Waals surface area contributed by atoms with E-state index in [2.05, 4.69) is 10.6 Å². The molecule has 7 aliphatic rings. The number of likely N-dealkylation sites (N-methyl/N-ethyl adjacent to an activating group) is 1. The first-order valence-corrected chi connectivity index (χ1v) is 30.7. The van der Waals surface area contributed by atoms with E-state index in [-0.39, 0.29) is 68.9 Å². The molecule has 4 aliphatic carbocycles. The summed E-state index contributed by atoms with van der Waals surface area (Å²) < 4.78 is 57.0. The Bertz CT molecular complexity index is 2340. The number of ketones is 1. The maximum atomic E-state index is 17.9. The van der Waals surface area contributed by atoms with Crippen LogP contribution in [0.1, 0.15) is 161 Å². The molecule has 470 valence electrons. The second-order valence-corrected chi connectivity index (χ2v) is 27.7. The molecule has 0 aromatic carbocycles. The summed E-state index contributed by atoms with van der Waals surface area (Å²) in [6.07, 6.45) is -4.79. The summed E-state index contributed by atoms with van der Waals surface area (Å²) in [6.45, 7) is 25.5. The molecule has 26 atom stereocenters. The summed E-state index contributed by atoms with van der Waals surface area (Å²) in [4.78, 5) is 43.6. The predicted molar refractivity (Wildman–Crippen MR) is 303 cm³/mol. The normalized spacial score (nSPS) is 50.5. The monoisotopic (exact) mass is 1170 g/mol. The zero-order chi connectivity index (χ0) is 61.2. The zero-order valence-electron chi connectivity index (χ0n) is 51.9. The minimum atomic E-state index is -2.12. The van der Waals surface area contributed by atoms with E-state index in [0.29, 0.717) is 44.3 Å². The maximum Gasteiger partial charge on any atom is 0.311 e. The first-order chi connectivity index (χ1) is 38.0. The lowest BCUT2D eigenvalue weighted by molar-refractivity contribution is -0.338. The SMILES string of the molecule is CC[C@H]1OC(=O)[C@H](C)[C@@H](OC2C[C@@](C)(OC)[C@](O)(CCCNC(=O)[C@@]3(O)[C@H](C)CC4C5CCC6=CC(=O)C=C[C@]6(C)[C@@]5(F)[C@@H](O)C[C@@]43C)[C@H](C)O2)[C@H](C)[C@@H](OC2O[C@H](C)C[C@H](N(C)CC)[C@H]2O)[C@](C)(O)C[C@@H](C)CN[C@H](C)[C@@H](O)[C@]1(C)O. The Balaban J connectivity index is 1.12. The number of halogens is 1. The van der Waals surface area contributed by atoms with Gasteiger partial charge in [-0.25, -0.2) is 4.39 Å². The van der Waals surface area contributed by atoms with Gasteiger partial charge >= 0.3 is 5.97 Å². The van der Waals surface area contributed by atoms with Crippen LogP contribution in [0.15, 0.2) is 23.8 Å². The number of hydrogen-bond acceptors (Lipinski definition) is 18. The number of nitrogens with zero attached hydrogens (tertiary/aromatic N) is 1. The number of amides is 1. The number of esters is 1. The van der Waals surface area contributed by atoms with Gasteiger partial charge < -0.3 is 79.7 Å². The topological polar surface area (TPSA) is 275 Å². The fourth-order valence-corrected chi connectivity index (χ4v) is 16.8. The van der Waals surface area contributed by atoms with Crippen LogP contribution < -0.4 is 10.6 Å². The van der Waals surface area contributed by atoms with Crippen molar-refractivity contribution >= 4 is 17.7 Å². The zero-order valence-corrected chi connectivity index (χ0v) is 51.9. The van der Waals surface area contributed by atoms with Crippen molar-refractivity contribution in [3.63, 3.8) is 0 Å². The maximum absolute atomic E-state index is 17.9. The Morgan fingerprint density at radius 1 is 0.915 bits per heavy atom. The molecule has 1 amide bonds. The summed E-state index contributed by atoms with van der Waals surface area (Å²) in [5, 5.41) is 91.7. The van der Waals surface area contributed by atoms with Crippen LogP contribution >= 0.6 is 0 Å². The smallest absolute Gasteiger partial charge is 0.311 e. The minimum absolute atomic E-state index is 0.0257. The third-order valence-corrected chi connectivity index (χ3v) is 22.2. The lowest BCUT2D eigenvalue weighted by Crippen LogP contribution is -2.70. The molecule has 0 bridgehead atoms. The van der Waals surface area contributed by atoms with Crippen LogP contribution in [-0.2, 0) is 42.8 Å². The highest BCUT2D eigenvalue weighted by atomic mass is 19.1. The summed E-state index contributed by atoms with van der Waals surface area (Å²) in [5.74, 6) is -5.63. The van der Waals surface area contributed by atoms with Gasteiger partial charge in [0.1, 0.15) is 35.1 Å². The fourth-order valence-electron chi connectivity index (χ4n) is 16.8. The minimum Gasteiger partial charge on any atom is -0.459 e. The van der Waals surface area contributed by atoms with Crippen LogP contribution in [0.4, 0.5) is 4.39 Å². The van der Waals surface area contributed by atoms with Crippen LogP contribution in [0.25, 0.3) is 0 Å². The van der Waals surface area contributed by atoms with Gasteiger partial charge in [0, 0.05) is 54.8 Å². The molecular formula is C62H104FN3O16. The number of cyclic esters (lactones) is 1. The third-order valence-electron chi connectivity index (χ3n) is 22.2. The number of rotatable bonds is 13. The van der Waals surface area contributed by atoms with Gasteiger partial charge in [-0.1, -0.05) is 53.2 Å². The lowest BCUT2D eigenvalue weighted by Gasteiger charge is -2.62. The molecule has 9 N–H and O–H groups in total. The lowest BCUT2D eigenvalue weighted by atomic mass is 9.44. The number of methoxy groups -OCH3 is 1. The number of alkyl halides is 1. The molecule has 20 heteroatoms. The van der Waals surface area contributed by atoms with E-state index in [9.17, 15) is 50.1 Å². The summed E-state index contributed by atoms with van der Waals surface area (Å²) >= 11 is 0. The molecule has 0 aromatic heterocycles. The number of allylic oxidation sites excluding steroid dienone is 4. The highest BCUT2D eigenvalue weighted by Crippen LogP contribution is 2.70. The molecule has 4 unspecified atom stereocenters. The van der Waals surface area contributed by atoms with Crippen molar-refractivity contribution in [2.75, 3.05) is 33.8 Å². The highest BCUT2D eigenvalue weighted by Gasteiger charge is 2.76. The van der Waals surface area contributed by atoms with Crippen molar-refractivity contribution in [2.45, 2.75) is 268 Å². The van der Waals surface area contributed by atoms with Gasteiger partial charge in [0.2, 0.25) is 0 Å². The number of nitrogens with one attached hydrogen (secondary N) is 2. The van der Waals surface area contributed by atoms with Gasteiger partial charge in [-0.05, 0) is 163 Å². The predicted octanol–water partition coefficient (Wildman–Crippen LogP) is 4.56. The Labute approximate surface area is 486 Å². The highest BCUT2D eigenvalue weighted by molar-refractivity contribution is 6.01. The first-order valence-electron chi connectivity index (χ1n) is 30.7. The van der Waals surface area contributed by atoms with Crippen molar-refractivity contribution in [1.82, 2.24) is 15.5 Å². The molecular weight excluding hydrogens is 1060 g/mol. The summed E-state index contributed by atoms with van der Waals surface area (Å²) in [7, 11) is 3.38. The number of aliphatic hydroxyl groups excluding tert-OH is 3. The average molecular weight is 1170 g/mol. The Morgan fingerprint density at radius 3 is 2.22 bits per heavy atom. The molecule has 3 aliphatic heterocycles. The van der Waals surface area contributed by atoms with Gasteiger partial charge in [0.25, 0.3) is 5.91 Å². The number of hydrogen-bond donors (Lipinski definition) is 9. The van der Waals surface area contributed by atoms with E-state index >= 15 is 4.39 Å². The molecule has 82 heavy (non-hydrogen) atoms. The molecule has 7 rings (SSSR count). The Hall–Kier alpha value is -2.54. The number of carbonyl (C=O) groups is 3. The van der Waals surface area contributed by atoms with Crippen molar-refractivity contribution in [3.05, 3.63) is 23.8 Å². The molecule has 3 saturated heterocycles. The number of ether oxygens (including phenoxy) is 6. The molecule has 0 aromatic rings. The summed E-state index contributed by atoms with van der Waals surface area (Å²) in [6, 6.07) is -0.993. The average Bonchev–Trinajstić information content (AvgIpc) is 1.48. The van der Waals surface area contributed by atoms with E-state index in [0.717, 1.165) is 0 Å². The largest absolute Gasteiger partial charge is 0.459 e. The standard InChI is InChI=1S/C62H104FN3O16/c1-17-46-59(14,74)50(70)38(8)65-32-33(3)29-57(12,73)51(82-53-48(69)44(66(15)18-2)27-35(5)78-53)36(6)49(37(7)52(71)80-46)81-47-31-58(13,77-16)60(75,39(9)79-47)23-19-25-64-54(72)62(76)34(4)26-43-42-21-20-40-28-41(67)22-24-55(40,10)61(42,63)45(68)30-56(43,62)11/h22,24,28,33-39,42-51,53,65,68-70,73-76H,17-21,23,25-27,29-32H2,1-16H3,(H,64,72)/t33-,34-,35-,36+,37-,38-,39+,42?,43?,44+,45+,46-,47?,48-,49+,50-,51-,53?,55+,56+,57-,58-,59-,60+,61+,62+/m1/s1. The third kappa shape index (κ3) is 11.5. The Kier molecular flexibility index (Phi) is 20.1. The quantitative estimate of drug-likeness (QED) is 0.0903. The van der Waals surface area contributed by atoms with E-state index in [1.54, 1.807) is 75.3 Å². The molecule has 0 spiro atoms. The molecule has 3 saturated carbocycles. The van der Waals surface area contributed by atoms with Crippen LogP contribution in [-0.4, -0.2) is 199 Å². The fraction of sp³-hybridized carbons (Fsp3) is 0.887. The second kappa shape index (κ2) is 24.6. The van der Waals surface area contributed by atoms with E-state index < -0.39 is 147 Å². The van der Waals surface area contributed by atoms with Gasteiger partial charge in [0.15, 0.2) is 29.6 Å². The van der Waals surface area contributed by atoms with E-state index in [1.165, 1.54) is 26.2 Å². The van der Waals surface area contributed by atoms with Crippen molar-refractivity contribution in [3.8, 4) is 0 Å². The number of fused-ring (bicyclic) bond motifs is 5. The number of aliphatic hydroxyl groups is 7. The number of carbonyl (C=O) groups excluding carboxylic acids is 3. The van der Waals surface area contributed by atoms with Crippen molar-refractivity contribution in [2.24, 2.45) is 46.3 Å². The van der Waals surface area contributed by atoms with Gasteiger partial charge in [-0.2, -0.15) is 0 Å². The summed E-state index contributed by atoms with van der Waals surface area (Å²) in [5.41, 5.74) is -12.5. The molecule has 0 radical (unpaired) electrons. The van der Waals surface area contributed by atoms with Crippen molar-refractivity contribution in [1.29, 1.82) is 0 Å². The first kappa shape index (κ1) is 67.0. The Morgan fingerprint density at radius 2 is 1.59 bits per heavy atom. The molecule has 6 fully saturated rings. The van der Waals surface area contributed by atoms with E-state index in [4.69, 9.17) is 28.4 Å². The van der Waals surface area contributed by atoms with Crippen LogP contribution in [0.3, 0.4) is 0 Å². The molecule has 19 nitrogen and oxygen atoms in total. The van der Waals surface area contributed by atoms with Crippen LogP contribution in [0, 0.1) is 46.3 Å². The van der Waals surface area contributed by atoms with Gasteiger partial charge in [-0.3, -0.25) is 14.4 Å².